The Bertz CT molecular complexity index is 754. The first-order chi connectivity index (χ1) is 11.6. The Balaban J connectivity index is 1.59. The number of anilines is 1. The fourth-order valence-electron chi connectivity index (χ4n) is 2.86. The second-order valence-corrected chi connectivity index (χ2v) is 5.91. The van der Waals surface area contributed by atoms with E-state index in [2.05, 4.69) is 10.3 Å². The van der Waals surface area contributed by atoms with Crippen LogP contribution in [0.4, 0.5) is 5.69 Å². The molecule has 124 valence electrons. The van der Waals surface area contributed by atoms with Gasteiger partial charge in [-0.2, -0.15) is 0 Å². The third-order valence-corrected chi connectivity index (χ3v) is 4.13. The van der Waals surface area contributed by atoms with Gasteiger partial charge < -0.3 is 10.1 Å². The summed E-state index contributed by atoms with van der Waals surface area (Å²) in [6.07, 6.45) is 5.94. The van der Waals surface area contributed by atoms with E-state index >= 15 is 0 Å². The molecule has 0 unspecified atom stereocenters. The fraction of sp³-hybridized carbons (Fsp3) is 0.316. The number of nitrogens with zero attached hydrogens (tertiary/aromatic N) is 1. The van der Waals surface area contributed by atoms with Crippen molar-refractivity contribution >= 4 is 17.4 Å². The number of rotatable bonds is 5. The van der Waals surface area contributed by atoms with Gasteiger partial charge in [-0.25, -0.2) is 0 Å². The molecule has 1 heterocycles. The topological polar surface area (TPSA) is 68.3 Å². The molecule has 1 aromatic carbocycles. The Labute approximate surface area is 141 Å². The van der Waals surface area contributed by atoms with Crippen molar-refractivity contribution in [2.24, 2.45) is 0 Å². The summed E-state index contributed by atoms with van der Waals surface area (Å²) >= 11 is 0. The second kappa shape index (κ2) is 7.25. The quantitative estimate of drug-likeness (QED) is 0.858. The van der Waals surface area contributed by atoms with Crippen molar-refractivity contribution in [3.8, 4) is 5.75 Å². The second-order valence-electron chi connectivity index (χ2n) is 5.91. The van der Waals surface area contributed by atoms with Gasteiger partial charge >= 0.3 is 0 Å². The van der Waals surface area contributed by atoms with Gasteiger partial charge in [0.15, 0.2) is 12.4 Å². The van der Waals surface area contributed by atoms with Gasteiger partial charge in [-0.05, 0) is 62.9 Å². The minimum atomic E-state index is -0.230. The van der Waals surface area contributed by atoms with Crippen molar-refractivity contribution in [1.82, 2.24) is 4.98 Å². The van der Waals surface area contributed by atoms with Crippen LogP contribution in [0.25, 0.3) is 0 Å². The van der Waals surface area contributed by atoms with E-state index < -0.39 is 0 Å². The molecule has 1 amide bonds. The zero-order chi connectivity index (χ0) is 16.9. The molecule has 3 rings (SSSR count). The van der Waals surface area contributed by atoms with Crippen LogP contribution in [-0.4, -0.2) is 23.3 Å². The van der Waals surface area contributed by atoms with Crippen molar-refractivity contribution in [2.75, 3.05) is 11.9 Å². The van der Waals surface area contributed by atoms with E-state index in [1.165, 1.54) is 6.92 Å². The number of Topliss-reactive ketones (excluding diaryl/α,β-unsaturated/α-hetero) is 1. The lowest BCUT2D eigenvalue weighted by Gasteiger charge is -2.18. The summed E-state index contributed by atoms with van der Waals surface area (Å²) in [5.74, 6) is 0.521. The maximum Gasteiger partial charge on any atom is 0.262 e. The van der Waals surface area contributed by atoms with E-state index in [0.29, 0.717) is 11.3 Å². The van der Waals surface area contributed by atoms with E-state index in [1.807, 2.05) is 6.07 Å². The number of ether oxygens (including phenoxy) is 1. The van der Waals surface area contributed by atoms with Crippen LogP contribution in [0, 0.1) is 0 Å². The molecule has 0 saturated carbocycles. The number of amides is 1. The molecule has 1 aromatic heterocycles. The van der Waals surface area contributed by atoms with Gasteiger partial charge in [0.05, 0.1) is 0 Å². The van der Waals surface area contributed by atoms with Crippen molar-refractivity contribution in [3.63, 3.8) is 0 Å². The normalized spacial score (nSPS) is 13.0. The van der Waals surface area contributed by atoms with Gasteiger partial charge in [-0.1, -0.05) is 0 Å². The number of aromatic nitrogens is 1. The lowest BCUT2D eigenvalue weighted by Crippen LogP contribution is -2.21. The summed E-state index contributed by atoms with van der Waals surface area (Å²) in [6, 6.07) is 8.63. The first-order valence-electron chi connectivity index (χ1n) is 8.14. The molecular formula is C19H20N2O3. The summed E-state index contributed by atoms with van der Waals surface area (Å²) in [6.45, 7) is 1.46. The monoisotopic (exact) mass is 324 g/mol. The van der Waals surface area contributed by atoms with Crippen LogP contribution in [0.5, 0.6) is 5.75 Å². The molecule has 24 heavy (non-hydrogen) atoms. The molecule has 1 N–H and O–H groups in total. The molecule has 0 spiro atoms. The number of hydrogen-bond acceptors (Lipinski definition) is 4. The maximum absolute atomic E-state index is 12.1. The van der Waals surface area contributed by atoms with Crippen LogP contribution in [0.1, 0.15) is 41.4 Å². The predicted octanol–water partition coefficient (Wildman–Crippen LogP) is 3.18. The zero-order valence-electron chi connectivity index (χ0n) is 13.7. The highest BCUT2D eigenvalue weighted by atomic mass is 16.5. The molecule has 2 aromatic rings. The van der Waals surface area contributed by atoms with Crippen LogP contribution in [0.3, 0.4) is 0 Å². The Morgan fingerprint density at radius 3 is 2.62 bits per heavy atom. The smallest absolute Gasteiger partial charge is 0.262 e. The Morgan fingerprint density at radius 1 is 1.12 bits per heavy atom. The number of benzene rings is 1. The molecule has 5 nitrogen and oxygen atoms in total. The average Bonchev–Trinajstić information content (AvgIpc) is 2.60. The summed E-state index contributed by atoms with van der Waals surface area (Å²) in [5, 5.41) is 2.77. The van der Waals surface area contributed by atoms with Gasteiger partial charge in [0.2, 0.25) is 0 Å². The van der Waals surface area contributed by atoms with Gasteiger partial charge in [0, 0.05) is 28.7 Å². The molecule has 0 radical (unpaired) electrons. The lowest BCUT2D eigenvalue weighted by molar-refractivity contribution is -0.118. The van der Waals surface area contributed by atoms with E-state index in [-0.39, 0.29) is 18.3 Å². The number of ketones is 1. The van der Waals surface area contributed by atoms with Crippen LogP contribution in [0.15, 0.2) is 36.5 Å². The molecule has 0 fully saturated rings. The van der Waals surface area contributed by atoms with E-state index in [0.717, 1.165) is 42.7 Å². The van der Waals surface area contributed by atoms with E-state index in [4.69, 9.17) is 4.74 Å². The SMILES string of the molecule is CC(=O)c1ccc(NC(=O)COc2ccnc3c2CCCC3)cc1. The number of nitrogens with one attached hydrogen (secondary N) is 1. The number of hydrogen-bond donors (Lipinski definition) is 1. The van der Waals surface area contributed by atoms with E-state index in [9.17, 15) is 9.59 Å². The van der Waals surface area contributed by atoms with Crippen molar-refractivity contribution < 1.29 is 14.3 Å². The standard InChI is InChI=1S/C19H20N2O3/c1-13(22)14-6-8-15(9-7-14)21-19(23)12-24-18-10-11-20-17-5-3-2-4-16(17)18/h6-11H,2-5,12H2,1H3,(H,21,23). The van der Waals surface area contributed by atoms with Crippen LogP contribution < -0.4 is 10.1 Å². The largest absolute Gasteiger partial charge is 0.483 e. The number of aryl methyl sites for hydroxylation is 1. The Hall–Kier alpha value is -2.69. The molecule has 1 aliphatic rings. The van der Waals surface area contributed by atoms with Crippen molar-refractivity contribution in [3.05, 3.63) is 53.3 Å². The molecule has 1 aliphatic carbocycles. The molecule has 0 aliphatic heterocycles. The Morgan fingerprint density at radius 2 is 1.88 bits per heavy atom. The van der Waals surface area contributed by atoms with Gasteiger partial charge in [0.25, 0.3) is 5.91 Å². The first-order valence-corrected chi connectivity index (χ1v) is 8.14. The van der Waals surface area contributed by atoms with Crippen LogP contribution >= 0.6 is 0 Å². The van der Waals surface area contributed by atoms with Gasteiger partial charge in [0.1, 0.15) is 5.75 Å². The highest BCUT2D eigenvalue weighted by molar-refractivity contribution is 5.95. The van der Waals surface area contributed by atoms with Crippen molar-refractivity contribution in [2.45, 2.75) is 32.6 Å². The molecule has 0 saturated heterocycles. The summed E-state index contributed by atoms with van der Waals surface area (Å²) in [5.41, 5.74) is 3.47. The highest BCUT2D eigenvalue weighted by Crippen LogP contribution is 2.27. The third-order valence-electron chi connectivity index (χ3n) is 4.13. The summed E-state index contributed by atoms with van der Waals surface area (Å²) in [7, 11) is 0. The van der Waals surface area contributed by atoms with Gasteiger partial charge in [-0.15, -0.1) is 0 Å². The highest BCUT2D eigenvalue weighted by Gasteiger charge is 2.16. The molecule has 5 heteroatoms. The maximum atomic E-state index is 12.1. The van der Waals surface area contributed by atoms with Crippen LogP contribution in [0.2, 0.25) is 0 Å². The minimum absolute atomic E-state index is 0.00123. The minimum Gasteiger partial charge on any atom is -0.483 e. The first kappa shape index (κ1) is 16.2. The lowest BCUT2D eigenvalue weighted by atomic mass is 9.95. The number of carbonyl (C=O) groups excluding carboxylic acids is 2. The average molecular weight is 324 g/mol. The van der Waals surface area contributed by atoms with Gasteiger partial charge in [-0.3, -0.25) is 14.6 Å². The van der Waals surface area contributed by atoms with Crippen LogP contribution in [-0.2, 0) is 17.6 Å². The number of carbonyl (C=O) groups is 2. The fourth-order valence-corrected chi connectivity index (χ4v) is 2.86. The summed E-state index contributed by atoms with van der Waals surface area (Å²) < 4.78 is 5.69. The predicted molar refractivity (Wildman–Crippen MR) is 91.5 cm³/mol. The Kier molecular flexibility index (Phi) is 4.89. The zero-order valence-corrected chi connectivity index (χ0v) is 13.7. The number of fused-ring (bicyclic) bond motifs is 1. The number of pyridine rings is 1. The molecular weight excluding hydrogens is 304 g/mol. The van der Waals surface area contributed by atoms with E-state index in [1.54, 1.807) is 30.5 Å². The summed E-state index contributed by atoms with van der Waals surface area (Å²) in [4.78, 5) is 27.7. The van der Waals surface area contributed by atoms with Crippen molar-refractivity contribution in [1.29, 1.82) is 0 Å². The molecule has 0 bridgehead atoms. The third kappa shape index (κ3) is 3.79. The molecule has 0 atom stereocenters.